The molecule has 5 nitrogen and oxygen atoms in total. The first kappa shape index (κ1) is 20.8. The van der Waals surface area contributed by atoms with Crippen LogP contribution in [-0.2, 0) is 9.53 Å². The predicted octanol–water partition coefficient (Wildman–Crippen LogP) is 2.91. The van der Waals surface area contributed by atoms with Gasteiger partial charge >= 0.3 is 5.97 Å². The molecule has 0 bridgehead atoms. The van der Waals surface area contributed by atoms with Crippen molar-refractivity contribution in [3.8, 4) is 0 Å². The molecule has 0 amide bonds. The van der Waals surface area contributed by atoms with Crippen molar-refractivity contribution in [1.29, 1.82) is 0 Å². The van der Waals surface area contributed by atoms with E-state index in [1.54, 1.807) is 0 Å². The molecule has 0 spiro atoms. The minimum absolute atomic E-state index is 0.200. The highest BCUT2D eigenvalue weighted by Crippen LogP contribution is 2.40. The van der Waals surface area contributed by atoms with Crippen LogP contribution in [0.2, 0.25) is 0 Å². The first-order valence-electron chi connectivity index (χ1n) is 8.02. The van der Waals surface area contributed by atoms with Crippen molar-refractivity contribution in [2.24, 2.45) is 11.7 Å². The fourth-order valence-corrected chi connectivity index (χ4v) is 7.96. The number of halogens is 3. The van der Waals surface area contributed by atoms with Crippen LogP contribution in [-0.4, -0.2) is 52.3 Å². The Hall–Kier alpha value is 1.54. The lowest BCUT2D eigenvalue weighted by atomic mass is 9.83. The minimum atomic E-state index is -0.910. The number of carboxylic acids is 1. The smallest absolute Gasteiger partial charge is 0.320 e. The van der Waals surface area contributed by atoms with Crippen LogP contribution < -0.4 is 5.73 Å². The van der Waals surface area contributed by atoms with Crippen LogP contribution in [0.1, 0.15) is 38.5 Å². The summed E-state index contributed by atoms with van der Waals surface area (Å²) in [7, 11) is 0. The molecule has 134 valence electrons. The number of alkyl halides is 3. The molecule has 2 fully saturated rings. The number of rotatable bonds is 5. The molecule has 0 aliphatic heterocycles. The number of hydrogen-bond donors (Lipinski definition) is 3. The van der Waals surface area contributed by atoms with Gasteiger partial charge in [0, 0.05) is 11.8 Å². The molecule has 23 heavy (non-hydrogen) atoms. The summed E-state index contributed by atoms with van der Waals surface area (Å²) in [5.41, 5.74) is 5.69. The summed E-state index contributed by atoms with van der Waals surface area (Å²) in [5, 5.41) is 18.8. The Kier molecular flexibility index (Phi) is 8.58. The Morgan fingerprint density at radius 1 is 1.13 bits per heavy atom. The molecule has 2 saturated carbocycles. The summed E-state index contributed by atoms with van der Waals surface area (Å²) in [5.74, 6) is -0.553. The van der Waals surface area contributed by atoms with Gasteiger partial charge in [0.15, 0.2) is 0 Å². The molecule has 2 rings (SSSR count). The molecule has 6 atom stereocenters. The van der Waals surface area contributed by atoms with E-state index < -0.39 is 12.0 Å². The normalized spacial score (nSPS) is 43.1. The van der Waals surface area contributed by atoms with Crippen molar-refractivity contribution in [2.45, 2.75) is 74.7 Å². The monoisotopic (exact) mass is 663 g/mol. The summed E-state index contributed by atoms with van der Waals surface area (Å²) in [6.45, 7) is 0. The quantitative estimate of drug-likeness (QED) is 0.311. The van der Waals surface area contributed by atoms with Crippen molar-refractivity contribution in [3.05, 3.63) is 0 Å². The number of ether oxygens (including phenoxy) is 1. The zero-order chi connectivity index (χ0) is 17.1. The van der Waals surface area contributed by atoms with E-state index in [1.165, 1.54) is 0 Å². The third-order valence-corrected chi connectivity index (χ3v) is 8.55. The standard InChI is InChI=1S/C15H24I3NO4/c16-9-6-8(1-2-13(9)20)23-14-10(17)3-7(4-11(14)18)5-12(19)15(21)22/h7-14,20H,1-6,19H2,(H,21,22). The number of aliphatic carboxylic acids is 1. The van der Waals surface area contributed by atoms with Gasteiger partial charge in [-0.2, -0.15) is 0 Å². The number of carbonyl (C=O) groups is 1. The number of aliphatic hydroxyl groups excluding tert-OH is 1. The van der Waals surface area contributed by atoms with Gasteiger partial charge in [0.25, 0.3) is 0 Å². The van der Waals surface area contributed by atoms with E-state index in [0.29, 0.717) is 20.2 Å². The fourth-order valence-electron chi connectivity index (χ4n) is 3.46. The molecule has 8 heteroatoms. The lowest BCUT2D eigenvalue weighted by Crippen LogP contribution is -2.46. The number of nitrogens with two attached hydrogens (primary N) is 1. The van der Waals surface area contributed by atoms with Crippen LogP contribution in [0.4, 0.5) is 0 Å². The lowest BCUT2D eigenvalue weighted by Gasteiger charge is -2.41. The average molecular weight is 663 g/mol. The molecule has 0 saturated heterocycles. The summed E-state index contributed by atoms with van der Waals surface area (Å²) in [6.07, 6.45) is 5.38. The van der Waals surface area contributed by atoms with Crippen molar-refractivity contribution in [2.75, 3.05) is 0 Å². The van der Waals surface area contributed by atoms with Crippen LogP contribution in [0, 0.1) is 5.92 Å². The number of carboxylic acid groups (broad SMARTS) is 1. The van der Waals surface area contributed by atoms with Gasteiger partial charge in [0.05, 0.1) is 18.3 Å². The van der Waals surface area contributed by atoms with Crippen LogP contribution in [0.25, 0.3) is 0 Å². The van der Waals surface area contributed by atoms with E-state index in [4.69, 9.17) is 15.6 Å². The highest BCUT2D eigenvalue weighted by Gasteiger charge is 2.39. The summed E-state index contributed by atoms with van der Waals surface area (Å²) >= 11 is 7.22. The van der Waals surface area contributed by atoms with Gasteiger partial charge in [0.2, 0.25) is 0 Å². The Morgan fingerprint density at radius 3 is 2.26 bits per heavy atom. The van der Waals surface area contributed by atoms with Gasteiger partial charge in [-0.25, -0.2) is 0 Å². The maximum absolute atomic E-state index is 10.9. The van der Waals surface area contributed by atoms with Crippen LogP contribution >= 0.6 is 67.8 Å². The lowest BCUT2D eigenvalue weighted by molar-refractivity contribution is -0.139. The largest absolute Gasteiger partial charge is 0.480 e. The molecule has 4 N–H and O–H groups in total. The molecular weight excluding hydrogens is 639 g/mol. The van der Waals surface area contributed by atoms with Gasteiger partial charge in [-0.1, -0.05) is 67.8 Å². The van der Waals surface area contributed by atoms with Gasteiger partial charge in [-0.3, -0.25) is 4.79 Å². The van der Waals surface area contributed by atoms with E-state index in [0.717, 1.165) is 32.1 Å². The highest BCUT2D eigenvalue weighted by atomic mass is 127. The molecule has 6 unspecified atom stereocenters. The topological polar surface area (TPSA) is 92.8 Å². The first-order chi connectivity index (χ1) is 10.8. The predicted molar refractivity (Wildman–Crippen MR) is 115 cm³/mol. The zero-order valence-electron chi connectivity index (χ0n) is 12.8. The number of aliphatic hydroxyl groups is 1. The molecule has 0 aromatic carbocycles. The zero-order valence-corrected chi connectivity index (χ0v) is 19.3. The molecule has 2 aliphatic rings. The van der Waals surface area contributed by atoms with Crippen molar-refractivity contribution in [3.63, 3.8) is 0 Å². The molecule has 2 aliphatic carbocycles. The van der Waals surface area contributed by atoms with Gasteiger partial charge in [-0.05, 0) is 44.4 Å². The Bertz CT molecular complexity index is 402. The summed E-state index contributed by atoms with van der Waals surface area (Å²) in [6, 6.07) is -0.760. The van der Waals surface area contributed by atoms with E-state index >= 15 is 0 Å². The Balaban J connectivity index is 1.86. The fraction of sp³-hybridized carbons (Fsp3) is 0.933. The molecular formula is C15H24I3NO4. The van der Waals surface area contributed by atoms with Gasteiger partial charge in [0.1, 0.15) is 6.04 Å². The van der Waals surface area contributed by atoms with E-state index in [-0.39, 0.29) is 22.2 Å². The van der Waals surface area contributed by atoms with E-state index in [1.807, 2.05) is 0 Å². The average Bonchev–Trinajstić information content (AvgIpc) is 2.46. The van der Waals surface area contributed by atoms with Crippen molar-refractivity contribution < 1.29 is 19.7 Å². The molecule has 0 heterocycles. The Labute approximate surface area is 178 Å². The Morgan fingerprint density at radius 2 is 1.74 bits per heavy atom. The second-order valence-corrected chi connectivity index (χ2v) is 11.5. The van der Waals surface area contributed by atoms with Gasteiger partial charge < -0.3 is 20.7 Å². The van der Waals surface area contributed by atoms with E-state index in [9.17, 15) is 9.90 Å². The molecule has 0 radical (unpaired) electrons. The van der Waals surface area contributed by atoms with Crippen LogP contribution in [0.3, 0.4) is 0 Å². The summed E-state index contributed by atoms with van der Waals surface area (Å²) < 4.78 is 7.44. The van der Waals surface area contributed by atoms with Crippen LogP contribution in [0.15, 0.2) is 0 Å². The summed E-state index contributed by atoms with van der Waals surface area (Å²) in [4.78, 5) is 10.9. The minimum Gasteiger partial charge on any atom is -0.480 e. The second kappa shape index (κ2) is 9.47. The maximum atomic E-state index is 10.9. The number of hydrogen-bond acceptors (Lipinski definition) is 4. The highest BCUT2D eigenvalue weighted by molar-refractivity contribution is 14.1. The van der Waals surface area contributed by atoms with Crippen LogP contribution in [0.5, 0.6) is 0 Å². The molecule has 0 aromatic rings. The first-order valence-corrected chi connectivity index (χ1v) is 11.8. The van der Waals surface area contributed by atoms with Crippen molar-refractivity contribution >= 4 is 73.7 Å². The maximum Gasteiger partial charge on any atom is 0.320 e. The third-order valence-electron chi connectivity index (χ3n) is 4.77. The molecule has 0 aromatic heterocycles. The van der Waals surface area contributed by atoms with Gasteiger partial charge in [-0.15, -0.1) is 0 Å². The van der Waals surface area contributed by atoms with E-state index in [2.05, 4.69) is 67.8 Å². The third kappa shape index (κ3) is 6.04. The SMILES string of the molecule is NC(CC1CC(I)C(OC2CCC(O)C(I)C2)C(I)C1)C(=O)O. The van der Waals surface area contributed by atoms with Crippen molar-refractivity contribution in [1.82, 2.24) is 0 Å². The second-order valence-electron chi connectivity index (χ2n) is 6.67.